The van der Waals surface area contributed by atoms with Crippen LogP contribution in [0.2, 0.25) is 0 Å². The molecule has 8 heteroatoms. The van der Waals surface area contributed by atoms with Gasteiger partial charge in [0, 0.05) is 12.1 Å². The number of phenols is 1. The highest BCUT2D eigenvalue weighted by molar-refractivity contribution is 8.27. The molecule has 0 saturated carbocycles. The lowest BCUT2D eigenvalue weighted by molar-refractivity contribution is -0.384. The minimum absolute atomic E-state index is 0.0195. The topological polar surface area (TPSA) is 83.7 Å². The monoisotopic (exact) mass is 358 g/mol. The van der Waals surface area contributed by atoms with Gasteiger partial charge in [0.1, 0.15) is 5.75 Å². The summed E-state index contributed by atoms with van der Waals surface area (Å²) in [6.07, 6.45) is 1.61. The average Bonchev–Trinajstić information content (AvgIpc) is 2.83. The molecule has 0 aliphatic carbocycles. The lowest BCUT2D eigenvalue weighted by Crippen LogP contribution is -2.27. The molecule has 0 unspecified atom stereocenters. The number of hydrogen-bond acceptors (Lipinski definition) is 6. The van der Waals surface area contributed by atoms with E-state index >= 15 is 0 Å². The molecule has 0 spiro atoms. The molecule has 2 aromatic carbocycles. The van der Waals surface area contributed by atoms with E-state index < -0.39 is 4.92 Å². The van der Waals surface area contributed by atoms with Gasteiger partial charge in [-0.25, -0.2) is 0 Å². The fourth-order valence-electron chi connectivity index (χ4n) is 2.17. The Morgan fingerprint density at radius 1 is 1.17 bits per heavy atom. The van der Waals surface area contributed by atoms with Crippen LogP contribution < -0.4 is 4.90 Å². The summed E-state index contributed by atoms with van der Waals surface area (Å²) in [5, 5.41) is 20.6. The number of para-hydroxylation sites is 2. The molecule has 1 heterocycles. The van der Waals surface area contributed by atoms with E-state index in [0.29, 0.717) is 20.5 Å². The zero-order chi connectivity index (χ0) is 17.3. The van der Waals surface area contributed by atoms with Crippen molar-refractivity contribution in [1.82, 2.24) is 0 Å². The number of nitro benzene ring substituents is 1. The molecule has 1 aliphatic heterocycles. The molecule has 24 heavy (non-hydrogen) atoms. The normalized spacial score (nSPS) is 16.0. The van der Waals surface area contributed by atoms with Gasteiger partial charge in [-0.1, -0.05) is 36.1 Å². The fraction of sp³-hybridized carbons (Fsp3) is 0. The first-order valence-corrected chi connectivity index (χ1v) is 8.00. The lowest BCUT2D eigenvalue weighted by atomic mass is 10.2. The minimum atomic E-state index is -0.485. The van der Waals surface area contributed by atoms with Crippen LogP contribution in [0.15, 0.2) is 53.4 Å². The third-order valence-electron chi connectivity index (χ3n) is 3.32. The zero-order valence-corrected chi connectivity index (χ0v) is 13.7. The lowest BCUT2D eigenvalue weighted by Gasteiger charge is -2.15. The third kappa shape index (κ3) is 3.01. The Kier molecular flexibility index (Phi) is 4.32. The summed E-state index contributed by atoms with van der Waals surface area (Å²) < 4.78 is 0.315. The van der Waals surface area contributed by atoms with Crippen LogP contribution in [0.5, 0.6) is 5.75 Å². The maximum atomic E-state index is 12.6. The predicted molar refractivity (Wildman–Crippen MR) is 96.9 cm³/mol. The van der Waals surface area contributed by atoms with Gasteiger partial charge >= 0.3 is 0 Å². The van der Waals surface area contributed by atoms with E-state index in [9.17, 15) is 20.0 Å². The summed E-state index contributed by atoms with van der Waals surface area (Å²) >= 11 is 6.35. The summed E-state index contributed by atoms with van der Waals surface area (Å²) in [7, 11) is 0. The van der Waals surface area contributed by atoms with Gasteiger partial charge in [0.05, 0.1) is 15.5 Å². The van der Waals surface area contributed by atoms with Crippen molar-refractivity contribution in [2.45, 2.75) is 0 Å². The van der Waals surface area contributed by atoms with Crippen LogP contribution >= 0.6 is 24.0 Å². The molecule has 3 rings (SSSR count). The van der Waals surface area contributed by atoms with Crippen molar-refractivity contribution in [2.75, 3.05) is 4.90 Å². The Hall–Kier alpha value is -2.71. The second-order valence-electron chi connectivity index (χ2n) is 4.85. The molecule has 120 valence electrons. The molecule has 1 saturated heterocycles. The first kappa shape index (κ1) is 16.2. The molecule has 1 aliphatic rings. The Morgan fingerprint density at radius 2 is 1.83 bits per heavy atom. The maximum Gasteiger partial charge on any atom is 0.270 e. The number of phenolic OH excluding ortho intramolecular Hbond substituents is 1. The average molecular weight is 358 g/mol. The molecular weight excluding hydrogens is 348 g/mol. The van der Waals surface area contributed by atoms with Gasteiger partial charge < -0.3 is 5.11 Å². The van der Waals surface area contributed by atoms with Gasteiger partial charge in [-0.3, -0.25) is 19.8 Å². The summed E-state index contributed by atoms with van der Waals surface area (Å²) in [6, 6.07) is 12.3. The van der Waals surface area contributed by atoms with Gasteiger partial charge in [-0.2, -0.15) is 0 Å². The highest BCUT2D eigenvalue weighted by Crippen LogP contribution is 2.39. The number of aromatic hydroxyl groups is 1. The molecule has 6 nitrogen and oxygen atoms in total. The second kappa shape index (κ2) is 6.42. The van der Waals surface area contributed by atoms with Crippen LogP contribution in [0.3, 0.4) is 0 Å². The number of anilines is 1. The van der Waals surface area contributed by atoms with Crippen molar-refractivity contribution < 1.29 is 14.8 Å². The van der Waals surface area contributed by atoms with E-state index in [1.54, 1.807) is 36.4 Å². The van der Waals surface area contributed by atoms with E-state index in [0.717, 1.165) is 11.8 Å². The highest BCUT2D eigenvalue weighted by atomic mass is 32.2. The Morgan fingerprint density at radius 3 is 2.46 bits per heavy atom. The van der Waals surface area contributed by atoms with Gasteiger partial charge in [-0.15, -0.1) is 0 Å². The quantitative estimate of drug-likeness (QED) is 0.390. The predicted octanol–water partition coefficient (Wildman–Crippen LogP) is 3.71. The standard InChI is InChI=1S/C16H10N2O4S2/c19-13-4-2-1-3-12(13)17-15(20)14(24-16(17)23)9-10-5-7-11(8-6-10)18(21)22/h1-9,19H/b14-9-. The van der Waals surface area contributed by atoms with E-state index in [1.807, 2.05) is 0 Å². The van der Waals surface area contributed by atoms with Crippen LogP contribution in [0.25, 0.3) is 6.08 Å². The number of thioether (sulfide) groups is 1. The molecule has 1 amide bonds. The second-order valence-corrected chi connectivity index (χ2v) is 6.53. The van der Waals surface area contributed by atoms with E-state index in [2.05, 4.69) is 0 Å². The molecule has 0 aromatic heterocycles. The van der Waals surface area contributed by atoms with Crippen molar-refractivity contribution >= 4 is 51.7 Å². The number of thiocarbonyl (C=S) groups is 1. The van der Waals surface area contributed by atoms with Crippen molar-refractivity contribution in [1.29, 1.82) is 0 Å². The van der Waals surface area contributed by atoms with Crippen molar-refractivity contribution in [2.24, 2.45) is 0 Å². The minimum Gasteiger partial charge on any atom is -0.506 e. The van der Waals surface area contributed by atoms with E-state index in [4.69, 9.17) is 12.2 Å². The number of benzene rings is 2. The third-order valence-corrected chi connectivity index (χ3v) is 4.62. The van der Waals surface area contributed by atoms with Crippen LogP contribution in [0.1, 0.15) is 5.56 Å². The van der Waals surface area contributed by atoms with Gasteiger partial charge in [0.25, 0.3) is 11.6 Å². The van der Waals surface area contributed by atoms with E-state index in [1.165, 1.54) is 23.1 Å². The highest BCUT2D eigenvalue weighted by Gasteiger charge is 2.34. The van der Waals surface area contributed by atoms with Crippen LogP contribution in [-0.4, -0.2) is 20.3 Å². The number of nitrogens with zero attached hydrogens (tertiary/aromatic N) is 2. The van der Waals surface area contributed by atoms with Gasteiger partial charge in [-0.05, 0) is 35.9 Å². The first-order valence-electron chi connectivity index (χ1n) is 6.78. The van der Waals surface area contributed by atoms with Crippen molar-refractivity contribution in [3.05, 3.63) is 69.1 Å². The van der Waals surface area contributed by atoms with Crippen LogP contribution in [-0.2, 0) is 4.79 Å². The SMILES string of the molecule is O=C1/C(=C/c2ccc([N+](=O)[O-])cc2)SC(=S)N1c1ccccc1O. The van der Waals surface area contributed by atoms with E-state index in [-0.39, 0.29) is 17.3 Å². The summed E-state index contributed by atoms with van der Waals surface area (Å²) in [5.74, 6) is -0.379. The fourth-order valence-corrected chi connectivity index (χ4v) is 3.46. The Balaban J connectivity index is 1.91. The molecule has 1 fully saturated rings. The largest absolute Gasteiger partial charge is 0.506 e. The Bertz CT molecular complexity index is 878. The summed E-state index contributed by atoms with van der Waals surface area (Å²) in [6.45, 7) is 0. The maximum absolute atomic E-state index is 12.6. The summed E-state index contributed by atoms with van der Waals surface area (Å²) in [5.41, 5.74) is 0.958. The van der Waals surface area contributed by atoms with Crippen molar-refractivity contribution in [3.63, 3.8) is 0 Å². The van der Waals surface area contributed by atoms with Crippen molar-refractivity contribution in [3.8, 4) is 5.75 Å². The number of rotatable bonds is 3. The van der Waals surface area contributed by atoms with Gasteiger partial charge in [0.2, 0.25) is 0 Å². The van der Waals surface area contributed by atoms with Gasteiger partial charge in [0.15, 0.2) is 4.32 Å². The number of carbonyl (C=O) groups is 1. The van der Waals surface area contributed by atoms with Crippen LogP contribution in [0.4, 0.5) is 11.4 Å². The molecule has 0 bridgehead atoms. The Labute approximate surface area is 146 Å². The first-order chi connectivity index (χ1) is 11.5. The molecule has 0 radical (unpaired) electrons. The smallest absolute Gasteiger partial charge is 0.270 e. The molecule has 0 atom stereocenters. The summed E-state index contributed by atoms with van der Waals surface area (Å²) in [4.78, 5) is 24.4. The number of hydrogen-bond donors (Lipinski definition) is 1. The molecule has 2 aromatic rings. The molecule has 1 N–H and O–H groups in total. The number of carbonyl (C=O) groups excluding carboxylic acids is 1. The van der Waals surface area contributed by atoms with Crippen LogP contribution in [0, 0.1) is 10.1 Å². The zero-order valence-electron chi connectivity index (χ0n) is 12.1. The number of nitro groups is 1. The number of amides is 1. The number of non-ortho nitro benzene ring substituents is 1. The molecular formula is C16H10N2O4S2.